The molecule has 2 aliphatic rings. The van der Waals surface area contributed by atoms with E-state index in [1.54, 1.807) is 0 Å². The van der Waals surface area contributed by atoms with E-state index in [-0.39, 0.29) is 11.6 Å². The third-order valence-corrected chi connectivity index (χ3v) is 4.52. The highest BCUT2D eigenvalue weighted by molar-refractivity contribution is 6.30. The van der Waals surface area contributed by atoms with E-state index in [4.69, 9.17) is 21.1 Å². The highest BCUT2D eigenvalue weighted by atomic mass is 35.5. The summed E-state index contributed by atoms with van der Waals surface area (Å²) in [6, 6.07) is 7.60. The molecule has 20 heavy (non-hydrogen) atoms. The van der Waals surface area contributed by atoms with Crippen molar-refractivity contribution in [2.75, 3.05) is 13.2 Å². The minimum absolute atomic E-state index is 0.0932. The van der Waals surface area contributed by atoms with Gasteiger partial charge in [0.05, 0.1) is 6.61 Å². The van der Waals surface area contributed by atoms with Crippen molar-refractivity contribution >= 4 is 17.6 Å². The Morgan fingerprint density at radius 1 is 1.35 bits per heavy atom. The predicted molar refractivity (Wildman–Crippen MR) is 76.8 cm³/mol. The zero-order valence-electron chi connectivity index (χ0n) is 11.4. The highest BCUT2D eigenvalue weighted by Crippen LogP contribution is 2.49. The molecule has 2 fully saturated rings. The first-order chi connectivity index (χ1) is 9.68. The maximum Gasteiger partial charge on any atom is 0.306 e. The standard InChI is InChI=1S/C16H19ClO3/c17-14-4-1-12(2-5-14)3-6-15(18)20-16(8-9-16)13-7-10-19-11-13/h1-2,4-5,13H,3,6-11H2. The van der Waals surface area contributed by atoms with Crippen molar-refractivity contribution in [3.8, 4) is 0 Å². The van der Waals surface area contributed by atoms with Gasteiger partial charge in [-0.05, 0) is 43.4 Å². The van der Waals surface area contributed by atoms with Crippen LogP contribution >= 0.6 is 11.6 Å². The number of hydrogen-bond acceptors (Lipinski definition) is 3. The fourth-order valence-corrected chi connectivity index (χ4v) is 2.97. The molecule has 0 spiro atoms. The lowest BCUT2D eigenvalue weighted by atomic mass is 9.99. The zero-order chi connectivity index (χ0) is 14.0. The molecule has 108 valence electrons. The Labute approximate surface area is 124 Å². The first kappa shape index (κ1) is 13.9. The molecule has 3 nitrogen and oxygen atoms in total. The molecule has 0 N–H and O–H groups in total. The molecule has 1 saturated heterocycles. The SMILES string of the molecule is O=C(CCc1ccc(Cl)cc1)OC1(C2CCOC2)CC1. The van der Waals surface area contributed by atoms with Crippen LogP contribution in [0.3, 0.4) is 0 Å². The van der Waals surface area contributed by atoms with Gasteiger partial charge in [0, 0.05) is 24.0 Å². The Morgan fingerprint density at radius 3 is 2.70 bits per heavy atom. The van der Waals surface area contributed by atoms with Crippen molar-refractivity contribution in [2.45, 2.75) is 37.7 Å². The molecule has 1 aromatic carbocycles. The summed E-state index contributed by atoms with van der Waals surface area (Å²) >= 11 is 5.84. The average Bonchev–Trinajstić information content (AvgIpc) is 3.01. The number of carbonyl (C=O) groups excluding carboxylic acids is 1. The van der Waals surface area contributed by atoms with E-state index in [0.717, 1.165) is 43.1 Å². The van der Waals surface area contributed by atoms with Crippen molar-refractivity contribution in [2.24, 2.45) is 5.92 Å². The van der Waals surface area contributed by atoms with Crippen LogP contribution in [0.5, 0.6) is 0 Å². The third kappa shape index (κ3) is 3.15. The Hall–Kier alpha value is -1.06. The van der Waals surface area contributed by atoms with Gasteiger partial charge in [0.1, 0.15) is 5.60 Å². The van der Waals surface area contributed by atoms with Crippen LogP contribution in [0, 0.1) is 5.92 Å². The first-order valence-electron chi connectivity index (χ1n) is 7.22. The van der Waals surface area contributed by atoms with Gasteiger partial charge in [0.15, 0.2) is 0 Å². The number of ether oxygens (including phenoxy) is 2. The number of carbonyl (C=O) groups is 1. The first-order valence-corrected chi connectivity index (χ1v) is 7.60. The summed E-state index contributed by atoms with van der Waals surface area (Å²) in [6.07, 6.45) is 4.14. The fraction of sp³-hybridized carbons (Fsp3) is 0.562. The number of esters is 1. The topological polar surface area (TPSA) is 35.5 Å². The molecule has 1 aromatic rings. The number of halogens is 1. The van der Waals surface area contributed by atoms with E-state index in [1.807, 2.05) is 24.3 Å². The molecule has 1 aliphatic heterocycles. The van der Waals surface area contributed by atoms with Crippen LogP contribution in [0.2, 0.25) is 5.02 Å². The van der Waals surface area contributed by atoms with Gasteiger partial charge in [0.25, 0.3) is 0 Å². The summed E-state index contributed by atoms with van der Waals surface area (Å²) in [5, 5.41) is 0.717. The van der Waals surface area contributed by atoms with Crippen LogP contribution < -0.4 is 0 Å². The number of aryl methyl sites for hydroxylation is 1. The molecule has 1 aliphatic carbocycles. The molecule has 4 heteroatoms. The van der Waals surface area contributed by atoms with E-state index >= 15 is 0 Å². The lowest BCUT2D eigenvalue weighted by molar-refractivity contribution is -0.154. The van der Waals surface area contributed by atoms with Crippen LogP contribution in [0.15, 0.2) is 24.3 Å². The molecule has 1 unspecified atom stereocenters. The van der Waals surface area contributed by atoms with E-state index in [2.05, 4.69) is 0 Å². The van der Waals surface area contributed by atoms with Crippen molar-refractivity contribution in [1.82, 2.24) is 0 Å². The Bertz CT molecular complexity index is 473. The molecule has 0 radical (unpaired) electrons. The lowest BCUT2D eigenvalue weighted by Crippen LogP contribution is -2.29. The Morgan fingerprint density at radius 2 is 2.10 bits per heavy atom. The monoisotopic (exact) mass is 294 g/mol. The maximum absolute atomic E-state index is 12.0. The predicted octanol–water partition coefficient (Wildman–Crippen LogP) is 3.38. The highest BCUT2D eigenvalue weighted by Gasteiger charge is 2.53. The van der Waals surface area contributed by atoms with E-state index in [1.165, 1.54) is 0 Å². The summed E-state index contributed by atoms with van der Waals surface area (Å²) in [4.78, 5) is 12.0. The molecule has 3 rings (SSSR count). The van der Waals surface area contributed by atoms with Gasteiger partial charge in [-0.2, -0.15) is 0 Å². The van der Waals surface area contributed by atoms with E-state index in [0.29, 0.717) is 18.8 Å². The van der Waals surface area contributed by atoms with Crippen LogP contribution in [-0.4, -0.2) is 24.8 Å². The second-order valence-electron chi connectivity index (χ2n) is 5.73. The van der Waals surface area contributed by atoms with Gasteiger partial charge >= 0.3 is 5.97 Å². The molecular formula is C16H19ClO3. The molecule has 1 saturated carbocycles. The number of hydrogen-bond donors (Lipinski definition) is 0. The minimum Gasteiger partial charge on any atom is -0.459 e. The molecule has 0 aromatic heterocycles. The summed E-state index contributed by atoms with van der Waals surface area (Å²) in [6.45, 7) is 1.54. The van der Waals surface area contributed by atoms with Gasteiger partial charge in [-0.15, -0.1) is 0 Å². The van der Waals surface area contributed by atoms with Crippen molar-refractivity contribution in [3.63, 3.8) is 0 Å². The van der Waals surface area contributed by atoms with Gasteiger partial charge in [-0.3, -0.25) is 4.79 Å². The summed E-state index contributed by atoms with van der Waals surface area (Å²) in [5.41, 5.74) is 0.911. The second-order valence-corrected chi connectivity index (χ2v) is 6.16. The van der Waals surface area contributed by atoms with Gasteiger partial charge in [0.2, 0.25) is 0 Å². The third-order valence-electron chi connectivity index (χ3n) is 4.26. The van der Waals surface area contributed by atoms with Crippen LogP contribution in [0.25, 0.3) is 0 Å². The normalized spacial score (nSPS) is 23.6. The van der Waals surface area contributed by atoms with Crippen LogP contribution in [0.1, 0.15) is 31.2 Å². The number of benzene rings is 1. The quantitative estimate of drug-likeness (QED) is 0.781. The molecule has 0 bridgehead atoms. The summed E-state index contributed by atoms with van der Waals surface area (Å²) in [7, 11) is 0. The molecule has 1 heterocycles. The van der Waals surface area contributed by atoms with E-state index in [9.17, 15) is 4.79 Å². The Kier molecular flexibility index (Phi) is 3.99. The summed E-state index contributed by atoms with van der Waals surface area (Å²) < 4.78 is 11.1. The van der Waals surface area contributed by atoms with Crippen LogP contribution in [0.4, 0.5) is 0 Å². The van der Waals surface area contributed by atoms with Crippen LogP contribution in [-0.2, 0) is 20.7 Å². The molecular weight excluding hydrogens is 276 g/mol. The Balaban J connectivity index is 1.49. The number of rotatable bonds is 5. The zero-order valence-corrected chi connectivity index (χ0v) is 12.2. The smallest absolute Gasteiger partial charge is 0.306 e. The van der Waals surface area contributed by atoms with Crippen molar-refractivity contribution in [1.29, 1.82) is 0 Å². The molecule has 0 amide bonds. The lowest BCUT2D eigenvalue weighted by Gasteiger charge is -2.22. The maximum atomic E-state index is 12.0. The minimum atomic E-state index is -0.201. The second kappa shape index (κ2) is 5.74. The van der Waals surface area contributed by atoms with E-state index < -0.39 is 0 Å². The fourth-order valence-electron chi connectivity index (χ4n) is 2.84. The van der Waals surface area contributed by atoms with Crippen molar-refractivity contribution in [3.05, 3.63) is 34.9 Å². The summed E-state index contributed by atoms with van der Waals surface area (Å²) in [5.74, 6) is 0.311. The van der Waals surface area contributed by atoms with Crippen molar-refractivity contribution < 1.29 is 14.3 Å². The largest absolute Gasteiger partial charge is 0.459 e. The molecule has 1 atom stereocenters. The van der Waals surface area contributed by atoms with Gasteiger partial charge < -0.3 is 9.47 Å². The van der Waals surface area contributed by atoms with Gasteiger partial charge in [-0.25, -0.2) is 0 Å². The average molecular weight is 295 g/mol. The van der Waals surface area contributed by atoms with Gasteiger partial charge in [-0.1, -0.05) is 23.7 Å².